The molecule has 3 nitrogen and oxygen atoms in total. The highest BCUT2D eigenvalue weighted by Crippen LogP contribution is 2.28. The van der Waals surface area contributed by atoms with Gasteiger partial charge < -0.3 is 9.84 Å². The average molecular weight is 270 g/mol. The maximum Gasteiger partial charge on any atom is 0.307 e. The molecule has 0 aromatic heterocycles. The molecule has 2 aromatic carbocycles. The summed E-state index contributed by atoms with van der Waals surface area (Å²) in [6.07, 6.45) is 0.00294. The van der Waals surface area contributed by atoms with Gasteiger partial charge in [0.25, 0.3) is 0 Å². The second kappa shape index (κ2) is 5.78. The molecule has 0 bridgehead atoms. The number of hydrogen-bond donors (Lipinski definition) is 1. The van der Waals surface area contributed by atoms with Gasteiger partial charge >= 0.3 is 5.97 Å². The minimum Gasteiger partial charge on any atom is -0.483 e. The van der Waals surface area contributed by atoms with E-state index in [1.165, 1.54) is 0 Å². The molecule has 0 fully saturated rings. The van der Waals surface area contributed by atoms with E-state index in [9.17, 15) is 4.79 Å². The van der Waals surface area contributed by atoms with Crippen LogP contribution in [0.5, 0.6) is 5.75 Å². The molecule has 2 aromatic rings. The molecule has 20 heavy (non-hydrogen) atoms. The SMILES string of the molecule is CC(C)(Oc1cccc(CC(=O)O)c1)c1ccccc1. The summed E-state index contributed by atoms with van der Waals surface area (Å²) in [5, 5.41) is 8.83. The second-order valence-electron chi connectivity index (χ2n) is 5.20. The summed E-state index contributed by atoms with van der Waals surface area (Å²) in [7, 11) is 0. The fourth-order valence-electron chi connectivity index (χ4n) is 2.09. The Morgan fingerprint density at radius 3 is 2.45 bits per heavy atom. The first-order chi connectivity index (χ1) is 9.47. The van der Waals surface area contributed by atoms with Crippen molar-refractivity contribution in [2.24, 2.45) is 0 Å². The third kappa shape index (κ3) is 3.60. The van der Waals surface area contributed by atoms with Gasteiger partial charge in [0.05, 0.1) is 6.42 Å². The van der Waals surface area contributed by atoms with E-state index in [0.717, 1.165) is 11.1 Å². The zero-order valence-electron chi connectivity index (χ0n) is 11.7. The van der Waals surface area contributed by atoms with Crippen LogP contribution >= 0.6 is 0 Å². The van der Waals surface area contributed by atoms with Crippen molar-refractivity contribution >= 4 is 5.97 Å². The van der Waals surface area contributed by atoms with Crippen molar-refractivity contribution in [1.82, 2.24) is 0 Å². The fraction of sp³-hybridized carbons (Fsp3) is 0.235. The Bertz CT molecular complexity index is 588. The number of carbonyl (C=O) groups is 1. The summed E-state index contributed by atoms with van der Waals surface area (Å²) < 4.78 is 6.02. The van der Waals surface area contributed by atoms with Gasteiger partial charge in [-0.25, -0.2) is 0 Å². The van der Waals surface area contributed by atoms with Gasteiger partial charge in [-0.15, -0.1) is 0 Å². The van der Waals surface area contributed by atoms with Crippen LogP contribution in [0.25, 0.3) is 0 Å². The van der Waals surface area contributed by atoms with Crippen LogP contribution in [0.4, 0.5) is 0 Å². The fourth-order valence-corrected chi connectivity index (χ4v) is 2.09. The number of carboxylic acids is 1. The summed E-state index contributed by atoms with van der Waals surface area (Å²) in [6.45, 7) is 3.98. The lowest BCUT2D eigenvalue weighted by Gasteiger charge is -2.27. The first-order valence-corrected chi connectivity index (χ1v) is 6.53. The molecule has 0 amide bonds. The molecule has 0 unspecified atom stereocenters. The highest BCUT2D eigenvalue weighted by molar-refractivity contribution is 5.70. The van der Waals surface area contributed by atoms with Gasteiger partial charge in [0, 0.05) is 0 Å². The molecule has 0 radical (unpaired) electrons. The zero-order valence-corrected chi connectivity index (χ0v) is 11.7. The first-order valence-electron chi connectivity index (χ1n) is 6.53. The van der Waals surface area contributed by atoms with Gasteiger partial charge in [-0.3, -0.25) is 4.79 Å². The maximum atomic E-state index is 10.7. The molecule has 0 heterocycles. The molecule has 104 valence electrons. The van der Waals surface area contributed by atoms with Crippen LogP contribution in [0.1, 0.15) is 25.0 Å². The Balaban J connectivity index is 2.19. The predicted octanol–water partition coefficient (Wildman–Crippen LogP) is 3.63. The summed E-state index contributed by atoms with van der Waals surface area (Å²) in [6, 6.07) is 17.2. The normalized spacial score (nSPS) is 11.1. The Morgan fingerprint density at radius 2 is 1.80 bits per heavy atom. The van der Waals surface area contributed by atoms with Crippen LogP contribution in [-0.2, 0) is 16.8 Å². The minimum absolute atomic E-state index is 0.00294. The summed E-state index contributed by atoms with van der Waals surface area (Å²) in [4.78, 5) is 10.7. The van der Waals surface area contributed by atoms with Crippen LogP contribution < -0.4 is 4.74 Å². The van der Waals surface area contributed by atoms with E-state index in [0.29, 0.717) is 5.75 Å². The van der Waals surface area contributed by atoms with E-state index in [4.69, 9.17) is 9.84 Å². The molecule has 3 heteroatoms. The summed E-state index contributed by atoms with van der Waals surface area (Å²) in [5.41, 5.74) is 1.34. The molecule has 0 aliphatic rings. The molecule has 0 saturated carbocycles. The van der Waals surface area contributed by atoms with E-state index in [1.807, 2.05) is 56.3 Å². The van der Waals surface area contributed by atoms with Crippen molar-refractivity contribution in [2.45, 2.75) is 25.9 Å². The molecular formula is C17H18O3. The number of benzene rings is 2. The van der Waals surface area contributed by atoms with Crippen molar-refractivity contribution in [3.05, 3.63) is 65.7 Å². The standard InChI is InChI=1S/C17H18O3/c1-17(2,14-8-4-3-5-9-14)20-15-10-6-7-13(11-15)12-16(18)19/h3-11H,12H2,1-2H3,(H,18,19). The molecule has 1 N–H and O–H groups in total. The largest absolute Gasteiger partial charge is 0.483 e. The molecule has 0 aliphatic heterocycles. The van der Waals surface area contributed by atoms with E-state index >= 15 is 0 Å². The van der Waals surface area contributed by atoms with Crippen molar-refractivity contribution in [2.75, 3.05) is 0 Å². The van der Waals surface area contributed by atoms with Crippen molar-refractivity contribution < 1.29 is 14.6 Å². The predicted molar refractivity (Wildman–Crippen MR) is 77.9 cm³/mol. The summed E-state index contributed by atoms with van der Waals surface area (Å²) >= 11 is 0. The Labute approximate surface area is 118 Å². The highest BCUT2D eigenvalue weighted by Gasteiger charge is 2.22. The van der Waals surface area contributed by atoms with E-state index in [2.05, 4.69) is 0 Å². The molecule has 0 aliphatic carbocycles. The van der Waals surface area contributed by atoms with Crippen LogP contribution in [-0.4, -0.2) is 11.1 Å². The Kier molecular flexibility index (Phi) is 4.08. The van der Waals surface area contributed by atoms with Gasteiger partial charge in [-0.1, -0.05) is 42.5 Å². The quantitative estimate of drug-likeness (QED) is 0.902. The van der Waals surface area contributed by atoms with Gasteiger partial charge in [0.2, 0.25) is 0 Å². The Morgan fingerprint density at radius 1 is 1.10 bits per heavy atom. The van der Waals surface area contributed by atoms with Gasteiger partial charge in [0.1, 0.15) is 11.4 Å². The van der Waals surface area contributed by atoms with Crippen molar-refractivity contribution in [1.29, 1.82) is 0 Å². The average Bonchev–Trinajstić information content (AvgIpc) is 2.39. The monoisotopic (exact) mass is 270 g/mol. The lowest BCUT2D eigenvalue weighted by Crippen LogP contribution is -2.25. The van der Waals surface area contributed by atoms with Crippen LogP contribution in [0.2, 0.25) is 0 Å². The van der Waals surface area contributed by atoms with E-state index < -0.39 is 11.6 Å². The van der Waals surface area contributed by atoms with Gasteiger partial charge in [0.15, 0.2) is 0 Å². The van der Waals surface area contributed by atoms with Gasteiger partial charge in [-0.2, -0.15) is 0 Å². The van der Waals surface area contributed by atoms with Crippen LogP contribution in [0.15, 0.2) is 54.6 Å². The maximum absolute atomic E-state index is 10.7. The molecule has 0 spiro atoms. The topological polar surface area (TPSA) is 46.5 Å². The molecule has 0 saturated heterocycles. The van der Waals surface area contributed by atoms with Crippen LogP contribution in [0.3, 0.4) is 0 Å². The number of aliphatic carboxylic acids is 1. The molecular weight excluding hydrogens is 252 g/mol. The zero-order chi connectivity index (χ0) is 14.6. The smallest absolute Gasteiger partial charge is 0.307 e. The second-order valence-corrected chi connectivity index (χ2v) is 5.20. The lowest BCUT2D eigenvalue weighted by atomic mass is 9.98. The van der Waals surface area contributed by atoms with E-state index in [1.54, 1.807) is 12.1 Å². The Hall–Kier alpha value is -2.29. The third-order valence-corrected chi connectivity index (χ3v) is 3.10. The van der Waals surface area contributed by atoms with Crippen LogP contribution in [0, 0.1) is 0 Å². The lowest BCUT2D eigenvalue weighted by molar-refractivity contribution is -0.136. The van der Waals surface area contributed by atoms with E-state index in [-0.39, 0.29) is 6.42 Å². The molecule has 0 atom stereocenters. The molecule has 2 rings (SSSR count). The number of hydrogen-bond acceptors (Lipinski definition) is 2. The first kappa shape index (κ1) is 14.1. The number of rotatable bonds is 5. The summed E-state index contributed by atoms with van der Waals surface area (Å²) in [5.74, 6) is -0.165. The third-order valence-electron chi connectivity index (χ3n) is 3.10. The number of ether oxygens (including phenoxy) is 1. The minimum atomic E-state index is -0.843. The van der Waals surface area contributed by atoms with Crippen molar-refractivity contribution in [3.8, 4) is 5.75 Å². The van der Waals surface area contributed by atoms with Gasteiger partial charge in [-0.05, 0) is 37.1 Å². The highest BCUT2D eigenvalue weighted by atomic mass is 16.5. The number of carboxylic acid groups (broad SMARTS) is 1. The van der Waals surface area contributed by atoms with Crippen molar-refractivity contribution in [3.63, 3.8) is 0 Å².